The van der Waals surface area contributed by atoms with E-state index in [-0.39, 0.29) is 17.8 Å². The smallest absolute Gasteiger partial charge is 0.206 e. The van der Waals surface area contributed by atoms with Crippen molar-refractivity contribution in [3.8, 4) is 28.8 Å². The molecule has 1 aliphatic rings. The first-order valence-electron chi connectivity index (χ1n) is 11.8. The number of phenolic OH excluding ortho intramolecular Hbond substituents is 1. The Morgan fingerprint density at radius 2 is 1.94 bits per heavy atom. The monoisotopic (exact) mass is 472 g/mol. The van der Waals surface area contributed by atoms with E-state index in [9.17, 15) is 5.11 Å². The summed E-state index contributed by atoms with van der Waals surface area (Å²) in [7, 11) is 4.00. The summed E-state index contributed by atoms with van der Waals surface area (Å²) in [6.07, 6.45) is 2.68. The second kappa shape index (κ2) is 10.6. The lowest BCUT2D eigenvalue weighted by Gasteiger charge is -2.28. The van der Waals surface area contributed by atoms with Crippen molar-refractivity contribution in [1.82, 2.24) is 25.1 Å². The lowest BCUT2D eigenvalue weighted by atomic mass is 10.1. The van der Waals surface area contributed by atoms with Crippen LogP contribution in [0.25, 0.3) is 11.3 Å². The van der Waals surface area contributed by atoms with Crippen LogP contribution in [-0.2, 0) is 0 Å². The molecule has 9 nitrogen and oxygen atoms in total. The lowest BCUT2D eigenvalue weighted by molar-refractivity contribution is 0.373. The van der Waals surface area contributed by atoms with Gasteiger partial charge < -0.3 is 20.6 Å². The number of hydrogen-bond acceptors (Lipinski definition) is 9. The van der Waals surface area contributed by atoms with Crippen LogP contribution in [0.1, 0.15) is 26.1 Å². The number of anilines is 3. The zero-order valence-corrected chi connectivity index (χ0v) is 20.7. The number of hydrogen-bond donors (Lipinski definition) is 2. The van der Waals surface area contributed by atoms with E-state index in [0.29, 0.717) is 22.9 Å². The van der Waals surface area contributed by atoms with Gasteiger partial charge in [0.1, 0.15) is 11.6 Å². The summed E-state index contributed by atoms with van der Waals surface area (Å²) in [5.41, 5.74) is 8.27. The molecule has 1 saturated heterocycles. The molecule has 0 spiro atoms. The molecule has 0 aliphatic carbocycles. The molecule has 1 aromatic carbocycles. The van der Waals surface area contributed by atoms with Gasteiger partial charge in [-0.3, -0.25) is 4.90 Å². The van der Waals surface area contributed by atoms with Crippen molar-refractivity contribution in [2.45, 2.75) is 32.4 Å². The molecule has 0 saturated carbocycles. The zero-order valence-electron chi connectivity index (χ0n) is 20.7. The van der Waals surface area contributed by atoms with Gasteiger partial charge >= 0.3 is 0 Å². The SMILES string of the molecule is CC(C#Cc1nccc(N2CCN(c3cc(-c4ccccc4O)nnc3N)CC[C@H]2C)n1)N(C)C. The predicted molar refractivity (Wildman–Crippen MR) is 139 cm³/mol. The van der Waals surface area contributed by atoms with Gasteiger partial charge in [-0.05, 0) is 64.5 Å². The van der Waals surface area contributed by atoms with Crippen LogP contribution in [0, 0.1) is 11.8 Å². The second-order valence-electron chi connectivity index (χ2n) is 8.98. The molecule has 3 heterocycles. The molecule has 2 atom stereocenters. The van der Waals surface area contributed by atoms with Crippen molar-refractivity contribution in [3.05, 3.63) is 48.4 Å². The van der Waals surface area contributed by atoms with Crippen molar-refractivity contribution < 1.29 is 5.11 Å². The van der Waals surface area contributed by atoms with E-state index < -0.39 is 0 Å². The highest BCUT2D eigenvalue weighted by Crippen LogP contribution is 2.32. The van der Waals surface area contributed by atoms with Crippen molar-refractivity contribution in [2.75, 3.05) is 49.3 Å². The Morgan fingerprint density at radius 1 is 1.14 bits per heavy atom. The fourth-order valence-corrected chi connectivity index (χ4v) is 3.97. The highest BCUT2D eigenvalue weighted by molar-refractivity contribution is 5.74. The zero-order chi connectivity index (χ0) is 24.9. The molecule has 1 aliphatic heterocycles. The van der Waals surface area contributed by atoms with Crippen molar-refractivity contribution in [2.24, 2.45) is 0 Å². The summed E-state index contributed by atoms with van der Waals surface area (Å²) in [5, 5.41) is 18.6. The van der Waals surface area contributed by atoms with Crippen LogP contribution in [0.5, 0.6) is 5.75 Å². The molecule has 0 amide bonds. The van der Waals surface area contributed by atoms with Crippen LogP contribution in [0.4, 0.5) is 17.3 Å². The molecule has 4 rings (SSSR count). The molecule has 0 radical (unpaired) electrons. The molecular formula is C26H32N8O. The topological polar surface area (TPSA) is 108 Å². The van der Waals surface area contributed by atoms with Gasteiger partial charge in [0.15, 0.2) is 5.82 Å². The maximum absolute atomic E-state index is 10.2. The molecule has 1 fully saturated rings. The average molecular weight is 473 g/mol. The van der Waals surface area contributed by atoms with E-state index >= 15 is 0 Å². The Morgan fingerprint density at radius 3 is 2.71 bits per heavy atom. The third-order valence-electron chi connectivity index (χ3n) is 6.38. The maximum atomic E-state index is 10.2. The minimum Gasteiger partial charge on any atom is -0.507 e. The Labute approximate surface area is 206 Å². The van der Waals surface area contributed by atoms with Crippen molar-refractivity contribution in [3.63, 3.8) is 0 Å². The minimum atomic E-state index is 0.120. The molecule has 3 N–H and O–H groups in total. The number of phenols is 1. The summed E-state index contributed by atoms with van der Waals surface area (Å²) in [4.78, 5) is 15.6. The summed E-state index contributed by atoms with van der Waals surface area (Å²) >= 11 is 0. The van der Waals surface area contributed by atoms with Gasteiger partial charge in [-0.15, -0.1) is 10.2 Å². The quantitative estimate of drug-likeness (QED) is 0.554. The summed E-state index contributed by atoms with van der Waals surface area (Å²) in [5.74, 6) is 8.22. The van der Waals surface area contributed by atoms with Gasteiger partial charge in [0.2, 0.25) is 5.82 Å². The molecule has 0 bridgehead atoms. The van der Waals surface area contributed by atoms with Crippen molar-refractivity contribution in [1.29, 1.82) is 0 Å². The summed E-state index contributed by atoms with van der Waals surface area (Å²) in [6.45, 7) is 6.56. The number of aromatic nitrogens is 4. The van der Waals surface area contributed by atoms with Crippen molar-refractivity contribution >= 4 is 17.3 Å². The van der Waals surface area contributed by atoms with E-state index in [4.69, 9.17) is 10.7 Å². The van der Waals surface area contributed by atoms with Crippen LogP contribution < -0.4 is 15.5 Å². The third kappa shape index (κ3) is 5.61. The Bertz CT molecular complexity index is 1240. The van der Waals surface area contributed by atoms with Gasteiger partial charge in [0.25, 0.3) is 0 Å². The fourth-order valence-electron chi connectivity index (χ4n) is 3.97. The van der Waals surface area contributed by atoms with Gasteiger partial charge in [-0.2, -0.15) is 0 Å². The molecule has 2 aromatic heterocycles. The minimum absolute atomic E-state index is 0.120. The van der Waals surface area contributed by atoms with Gasteiger partial charge in [0.05, 0.1) is 17.4 Å². The van der Waals surface area contributed by atoms with Gasteiger partial charge in [-0.25, -0.2) is 9.97 Å². The van der Waals surface area contributed by atoms with E-state index in [1.165, 1.54) is 0 Å². The fraction of sp³-hybridized carbons (Fsp3) is 0.385. The van der Waals surface area contributed by atoms with Crippen LogP contribution in [0.2, 0.25) is 0 Å². The maximum Gasteiger partial charge on any atom is 0.206 e. The molecule has 3 aromatic rings. The predicted octanol–water partition coefficient (Wildman–Crippen LogP) is 2.63. The van der Waals surface area contributed by atoms with Crippen LogP contribution in [-0.4, -0.2) is 76.0 Å². The number of aromatic hydroxyl groups is 1. The summed E-state index contributed by atoms with van der Waals surface area (Å²) in [6, 6.07) is 11.3. The highest BCUT2D eigenvalue weighted by Gasteiger charge is 2.24. The number of benzene rings is 1. The molecule has 182 valence electrons. The molecular weight excluding hydrogens is 440 g/mol. The first-order valence-corrected chi connectivity index (χ1v) is 11.8. The molecule has 1 unspecified atom stereocenters. The van der Waals surface area contributed by atoms with Gasteiger partial charge in [-0.1, -0.05) is 18.1 Å². The highest BCUT2D eigenvalue weighted by atomic mass is 16.3. The third-order valence-corrected chi connectivity index (χ3v) is 6.38. The first kappa shape index (κ1) is 24.2. The first-order chi connectivity index (χ1) is 16.8. The summed E-state index contributed by atoms with van der Waals surface area (Å²) < 4.78 is 0. The number of rotatable bonds is 4. The second-order valence-corrected chi connectivity index (χ2v) is 8.98. The normalized spacial score (nSPS) is 17.0. The Hall–Kier alpha value is -3.90. The van der Waals surface area contributed by atoms with E-state index in [1.807, 2.05) is 50.2 Å². The van der Waals surface area contributed by atoms with E-state index in [0.717, 1.165) is 37.6 Å². The lowest BCUT2D eigenvalue weighted by Crippen LogP contribution is -2.35. The number of nitrogen functional groups attached to an aromatic ring is 1. The van der Waals surface area contributed by atoms with Crippen LogP contribution >= 0.6 is 0 Å². The number of nitrogens with zero attached hydrogens (tertiary/aromatic N) is 7. The van der Waals surface area contributed by atoms with Gasteiger partial charge in [0, 0.05) is 37.4 Å². The largest absolute Gasteiger partial charge is 0.507 e. The Balaban J connectivity index is 1.55. The van der Waals surface area contributed by atoms with E-state index in [2.05, 4.69) is 43.7 Å². The van der Waals surface area contributed by atoms with E-state index in [1.54, 1.807) is 18.3 Å². The average Bonchev–Trinajstić information content (AvgIpc) is 3.05. The van der Waals surface area contributed by atoms with Crippen LogP contribution in [0.3, 0.4) is 0 Å². The number of para-hydroxylation sites is 1. The number of nitrogens with two attached hydrogens (primary N) is 1. The van der Waals surface area contributed by atoms with Crippen LogP contribution in [0.15, 0.2) is 42.6 Å². The standard InChI is InChI=1S/C26H32N8O/c1-18(32(3)4)9-10-24-28-13-11-25(29-24)34-16-15-33(14-12-19(34)2)22-17-21(30-31-26(22)27)20-7-5-6-8-23(20)35/h5-8,11,13,17-19,35H,12,14-16H2,1-4H3,(H2,27,31)/t18?,19-/m1/s1. The Kier molecular flexibility index (Phi) is 7.32. The molecule has 35 heavy (non-hydrogen) atoms. The molecule has 9 heteroatoms.